The highest BCUT2D eigenvalue weighted by molar-refractivity contribution is 5.94. The van der Waals surface area contributed by atoms with Crippen LogP contribution < -0.4 is 5.32 Å². The highest BCUT2D eigenvalue weighted by Crippen LogP contribution is 2.22. The van der Waals surface area contributed by atoms with Gasteiger partial charge in [0.15, 0.2) is 11.4 Å². The number of amides is 1. The van der Waals surface area contributed by atoms with Gasteiger partial charge in [0.1, 0.15) is 0 Å². The van der Waals surface area contributed by atoms with Crippen molar-refractivity contribution in [2.75, 3.05) is 20.1 Å². The van der Waals surface area contributed by atoms with Crippen LogP contribution >= 0.6 is 0 Å². The number of nitrogens with zero attached hydrogens (tertiary/aromatic N) is 3. The Morgan fingerprint density at radius 3 is 2.67 bits per heavy atom. The molecule has 2 heterocycles. The maximum absolute atomic E-state index is 12.6. The van der Waals surface area contributed by atoms with E-state index in [9.17, 15) is 9.90 Å². The largest absolute Gasteiger partial charge is 0.504 e. The number of hydrogen-bond donors (Lipinski definition) is 2. The van der Waals surface area contributed by atoms with Gasteiger partial charge in [-0.05, 0) is 36.6 Å². The van der Waals surface area contributed by atoms with E-state index in [-0.39, 0.29) is 23.4 Å². The molecule has 3 rings (SSSR count). The molecule has 2 aromatic rings. The standard InChI is InChI=1S/C18H24N4O2/c1-12(2)13-4-6-14(7-5-13)22-11-16(23)17(20-22)18(24)21(3)15-8-9-19-10-15/h4-7,11-12,15,19,23H,8-10H2,1-3H3. The molecule has 2 N–H and O–H groups in total. The first-order valence-corrected chi connectivity index (χ1v) is 8.34. The van der Waals surface area contributed by atoms with Gasteiger partial charge in [-0.25, -0.2) is 4.68 Å². The fourth-order valence-electron chi connectivity index (χ4n) is 2.96. The van der Waals surface area contributed by atoms with Crippen LogP contribution in [0, 0.1) is 0 Å². The average Bonchev–Trinajstić information content (AvgIpc) is 3.23. The molecule has 1 atom stereocenters. The van der Waals surface area contributed by atoms with Crippen LogP contribution in [0.15, 0.2) is 30.5 Å². The summed E-state index contributed by atoms with van der Waals surface area (Å²) < 4.78 is 1.55. The fraction of sp³-hybridized carbons (Fsp3) is 0.444. The van der Waals surface area contributed by atoms with Crippen LogP contribution in [-0.2, 0) is 0 Å². The summed E-state index contributed by atoms with van der Waals surface area (Å²) in [4.78, 5) is 14.3. The molecule has 1 unspecified atom stereocenters. The summed E-state index contributed by atoms with van der Waals surface area (Å²) in [5.41, 5.74) is 2.15. The van der Waals surface area contributed by atoms with Gasteiger partial charge in [-0.15, -0.1) is 0 Å². The van der Waals surface area contributed by atoms with E-state index in [4.69, 9.17) is 0 Å². The Balaban J connectivity index is 1.82. The predicted octanol–water partition coefficient (Wildman–Crippen LogP) is 2.14. The molecule has 0 bridgehead atoms. The monoisotopic (exact) mass is 328 g/mol. The third kappa shape index (κ3) is 3.14. The normalized spacial score (nSPS) is 17.4. The molecule has 1 aromatic heterocycles. The number of aromatic nitrogens is 2. The molecule has 0 spiro atoms. The molecule has 0 radical (unpaired) electrons. The van der Waals surface area contributed by atoms with Crippen LogP contribution in [0.1, 0.15) is 42.2 Å². The van der Waals surface area contributed by atoms with E-state index >= 15 is 0 Å². The minimum Gasteiger partial charge on any atom is -0.504 e. The number of likely N-dealkylation sites (N-methyl/N-ethyl adjacent to an activating group) is 1. The smallest absolute Gasteiger partial charge is 0.278 e. The number of rotatable bonds is 4. The lowest BCUT2D eigenvalue weighted by Crippen LogP contribution is -2.38. The van der Waals surface area contributed by atoms with Crippen LogP contribution in [0.5, 0.6) is 5.75 Å². The van der Waals surface area contributed by atoms with Crippen LogP contribution in [0.3, 0.4) is 0 Å². The van der Waals surface area contributed by atoms with Gasteiger partial charge in [-0.3, -0.25) is 4.79 Å². The number of benzene rings is 1. The zero-order chi connectivity index (χ0) is 17.3. The Morgan fingerprint density at radius 1 is 1.38 bits per heavy atom. The Morgan fingerprint density at radius 2 is 2.08 bits per heavy atom. The molecule has 1 fully saturated rings. The summed E-state index contributed by atoms with van der Waals surface area (Å²) in [5.74, 6) is 0.111. The fourth-order valence-corrected chi connectivity index (χ4v) is 2.96. The molecule has 128 valence electrons. The van der Waals surface area contributed by atoms with Crippen LogP contribution in [0.4, 0.5) is 0 Å². The number of carbonyl (C=O) groups is 1. The van der Waals surface area contributed by atoms with Gasteiger partial charge in [0, 0.05) is 19.6 Å². The molecule has 6 nitrogen and oxygen atoms in total. The van der Waals surface area contributed by atoms with Gasteiger partial charge in [-0.2, -0.15) is 5.10 Å². The first-order chi connectivity index (χ1) is 11.5. The van der Waals surface area contributed by atoms with Crippen molar-refractivity contribution in [3.05, 3.63) is 41.7 Å². The number of carbonyl (C=O) groups excluding carboxylic acids is 1. The second kappa shape index (κ2) is 6.65. The maximum Gasteiger partial charge on any atom is 0.278 e. The van der Waals surface area contributed by atoms with Crippen molar-refractivity contribution in [3.63, 3.8) is 0 Å². The Labute approximate surface area is 142 Å². The summed E-state index contributed by atoms with van der Waals surface area (Å²) >= 11 is 0. The first-order valence-electron chi connectivity index (χ1n) is 8.34. The molecule has 6 heteroatoms. The van der Waals surface area contributed by atoms with Crippen molar-refractivity contribution in [2.24, 2.45) is 0 Å². The zero-order valence-corrected chi connectivity index (χ0v) is 14.4. The lowest BCUT2D eigenvalue weighted by atomic mass is 10.0. The summed E-state index contributed by atoms with van der Waals surface area (Å²) in [6, 6.07) is 8.11. The van der Waals surface area contributed by atoms with E-state index in [0.717, 1.165) is 25.2 Å². The van der Waals surface area contributed by atoms with Gasteiger partial charge in [0.2, 0.25) is 0 Å². The Hall–Kier alpha value is -2.34. The van der Waals surface area contributed by atoms with Gasteiger partial charge >= 0.3 is 0 Å². The summed E-state index contributed by atoms with van der Waals surface area (Å²) in [7, 11) is 1.76. The third-order valence-corrected chi connectivity index (χ3v) is 4.62. The zero-order valence-electron chi connectivity index (χ0n) is 14.4. The van der Waals surface area contributed by atoms with E-state index < -0.39 is 0 Å². The molecular weight excluding hydrogens is 304 g/mol. The molecule has 1 amide bonds. The highest BCUT2D eigenvalue weighted by Gasteiger charge is 2.27. The Kier molecular flexibility index (Phi) is 4.57. The summed E-state index contributed by atoms with van der Waals surface area (Å²) in [6.07, 6.45) is 2.40. The quantitative estimate of drug-likeness (QED) is 0.902. The van der Waals surface area contributed by atoms with Crippen molar-refractivity contribution >= 4 is 5.91 Å². The second-order valence-electron chi connectivity index (χ2n) is 6.62. The van der Waals surface area contributed by atoms with Crippen molar-refractivity contribution in [1.82, 2.24) is 20.0 Å². The van der Waals surface area contributed by atoms with Crippen molar-refractivity contribution in [3.8, 4) is 11.4 Å². The molecule has 1 aromatic carbocycles. The third-order valence-electron chi connectivity index (χ3n) is 4.62. The molecule has 24 heavy (non-hydrogen) atoms. The minimum atomic E-state index is -0.251. The maximum atomic E-state index is 12.6. The molecular formula is C18H24N4O2. The highest BCUT2D eigenvalue weighted by atomic mass is 16.3. The van der Waals surface area contributed by atoms with Crippen LogP contribution in [-0.4, -0.2) is 51.9 Å². The number of nitrogens with one attached hydrogen (secondary N) is 1. The minimum absolute atomic E-state index is 0.0919. The second-order valence-corrected chi connectivity index (χ2v) is 6.62. The topological polar surface area (TPSA) is 70.4 Å². The molecule has 1 aliphatic rings. The summed E-state index contributed by atoms with van der Waals surface area (Å²) in [6.45, 7) is 5.96. The van der Waals surface area contributed by atoms with E-state index in [2.05, 4.69) is 24.3 Å². The van der Waals surface area contributed by atoms with Gasteiger partial charge in [0.25, 0.3) is 5.91 Å². The van der Waals surface area contributed by atoms with Crippen molar-refractivity contribution < 1.29 is 9.90 Å². The van der Waals surface area contributed by atoms with Gasteiger partial charge < -0.3 is 15.3 Å². The van der Waals surface area contributed by atoms with Gasteiger partial charge in [0.05, 0.1) is 11.9 Å². The first kappa shape index (κ1) is 16.5. The van der Waals surface area contributed by atoms with E-state index in [1.807, 2.05) is 24.3 Å². The van der Waals surface area contributed by atoms with Crippen molar-refractivity contribution in [2.45, 2.75) is 32.2 Å². The van der Waals surface area contributed by atoms with Crippen LogP contribution in [0.2, 0.25) is 0 Å². The molecule has 0 saturated carbocycles. The lowest BCUT2D eigenvalue weighted by Gasteiger charge is -2.22. The molecule has 1 aliphatic heterocycles. The van der Waals surface area contributed by atoms with E-state index in [0.29, 0.717) is 5.92 Å². The number of hydrogen-bond acceptors (Lipinski definition) is 4. The van der Waals surface area contributed by atoms with Crippen molar-refractivity contribution in [1.29, 1.82) is 0 Å². The molecule has 0 aliphatic carbocycles. The van der Waals surface area contributed by atoms with Gasteiger partial charge in [-0.1, -0.05) is 26.0 Å². The Bertz CT molecular complexity index is 715. The number of aromatic hydroxyl groups is 1. The molecule has 1 saturated heterocycles. The SMILES string of the molecule is CC(C)c1ccc(-n2cc(O)c(C(=O)N(C)C3CCNC3)n2)cc1. The average molecular weight is 328 g/mol. The summed E-state index contributed by atoms with van der Waals surface area (Å²) in [5, 5.41) is 17.7. The van der Waals surface area contributed by atoms with Crippen LogP contribution in [0.25, 0.3) is 5.69 Å². The lowest BCUT2D eigenvalue weighted by molar-refractivity contribution is 0.0734. The van der Waals surface area contributed by atoms with E-state index in [1.165, 1.54) is 11.8 Å². The van der Waals surface area contributed by atoms with E-state index in [1.54, 1.807) is 16.6 Å². The predicted molar refractivity (Wildman–Crippen MR) is 92.7 cm³/mol.